The Balaban J connectivity index is 1.29. The standard InChI is InChI=1S/C25H27N3O3/c1-19-6-5-7-23(20(19)2)31-18-24(29)27-14-16-28(17-15-27)25(30)21-8-10-22(11-9-21)26-12-3-4-13-26/h3-13H,14-18H2,1-2H3. The summed E-state index contributed by atoms with van der Waals surface area (Å²) in [5.74, 6) is 0.687. The minimum Gasteiger partial charge on any atom is -0.483 e. The van der Waals surface area contributed by atoms with Gasteiger partial charge >= 0.3 is 0 Å². The molecule has 2 heterocycles. The Hall–Kier alpha value is -3.54. The number of rotatable bonds is 5. The normalized spacial score (nSPS) is 13.9. The van der Waals surface area contributed by atoms with Crippen molar-refractivity contribution in [3.8, 4) is 11.4 Å². The molecule has 1 aliphatic heterocycles. The van der Waals surface area contributed by atoms with Crippen molar-refractivity contribution in [2.24, 2.45) is 0 Å². The maximum atomic E-state index is 12.8. The summed E-state index contributed by atoms with van der Waals surface area (Å²) < 4.78 is 7.74. The minimum atomic E-state index is -0.0518. The number of hydrogen-bond acceptors (Lipinski definition) is 3. The van der Waals surface area contributed by atoms with Crippen LogP contribution >= 0.6 is 0 Å². The van der Waals surface area contributed by atoms with E-state index in [-0.39, 0.29) is 18.4 Å². The van der Waals surface area contributed by atoms with Crippen molar-refractivity contribution in [2.75, 3.05) is 32.8 Å². The Kier molecular flexibility index (Phi) is 6.07. The maximum Gasteiger partial charge on any atom is 0.260 e. The lowest BCUT2D eigenvalue weighted by Crippen LogP contribution is -2.51. The smallest absolute Gasteiger partial charge is 0.260 e. The van der Waals surface area contributed by atoms with E-state index in [9.17, 15) is 9.59 Å². The monoisotopic (exact) mass is 417 g/mol. The first kappa shape index (κ1) is 20.7. The van der Waals surface area contributed by atoms with E-state index >= 15 is 0 Å². The SMILES string of the molecule is Cc1cccc(OCC(=O)N2CCN(C(=O)c3ccc(-n4cccc4)cc3)CC2)c1C. The van der Waals surface area contributed by atoms with Gasteiger partial charge in [-0.3, -0.25) is 9.59 Å². The lowest BCUT2D eigenvalue weighted by Gasteiger charge is -2.34. The van der Waals surface area contributed by atoms with Crippen LogP contribution in [0.2, 0.25) is 0 Å². The molecule has 6 nitrogen and oxygen atoms in total. The summed E-state index contributed by atoms with van der Waals surface area (Å²) in [6.07, 6.45) is 3.94. The van der Waals surface area contributed by atoms with E-state index in [0.717, 1.165) is 22.6 Å². The van der Waals surface area contributed by atoms with Gasteiger partial charge in [-0.2, -0.15) is 0 Å². The van der Waals surface area contributed by atoms with Crippen LogP contribution < -0.4 is 4.74 Å². The molecule has 1 aromatic heterocycles. The van der Waals surface area contributed by atoms with Gasteiger partial charge in [0.2, 0.25) is 0 Å². The highest BCUT2D eigenvalue weighted by molar-refractivity contribution is 5.94. The molecule has 160 valence electrons. The molecule has 1 aliphatic rings. The van der Waals surface area contributed by atoms with Crippen LogP contribution in [0.25, 0.3) is 5.69 Å². The second-order valence-corrected chi connectivity index (χ2v) is 7.80. The molecule has 0 aliphatic carbocycles. The molecule has 0 bridgehead atoms. The van der Waals surface area contributed by atoms with Crippen LogP contribution in [0.4, 0.5) is 0 Å². The van der Waals surface area contributed by atoms with Crippen molar-refractivity contribution in [1.29, 1.82) is 0 Å². The van der Waals surface area contributed by atoms with E-state index in [0.29, 0.717) is 31.7 Å². The average molecular weight is 418 g/mol. The zero-order chi connectivity index (χ0) is 21.8. The maximum absolute atomic E-state index is 12.8. The fourth-order valence-electron chi connectivity index (χ4n) is 3.74. The van der Waals surface area contributed by atoms with E-state index < -0.39 is 0 Å². The van der Waals surface area contributed by atoms with Gasteiger partial charge in [0.15, 0.2) is 6.61 Å². The van der Waals surface area contributed by atoms with E-state index in [1.807, 2.05) is 85.4 Å². The summed E-state index contributed by atoms with van der Waals surface area (Å²) in [5.41, 5.74) is 3.86. The number of nitrogens with zero attached hydrogens (tertiary/aromatic N) is 3. The zero-order valence-electron chi connectivity index (χ0n) is 18.0. The first-order chi connectivity index (χ1) is 15.0. The van der Waals surface area contributed by atoms with Crippen LogP contribution in [-0.2, 0) is 4.79 Å². The first-order valence-corrected chi connectivity index (χ1v) is 10.5. The van der Waals surface area contributed by atoms with Crippen molar-refractivity contribution < 1.29 is 14.3 Å². The fraction of sp³-hybridized carbons (Fsp3) is 0.280. The van der Waals surface area contributed by atoms with Gasteiger partial charge in [0.25, 0.3) is 11.8 Å². The molecule has 4 rings (SSSR count). The van der Waals surface area contributed by atoms with Crippen LogP contribution in [0.3, 0.4) is 0 Å². The van der Waals surface area contributed by atoms with E-state index in [4.69, 9.17) is 4.74 Å². The molecule has 0 spiro atoms. The van der Waals surface area contributed by atoms with Gasteiger partial charge in [-0.25, -0.2) is 0 Å². The van der Waals surface area contributed by atoms with Gasteiger partial charge in [-0.05, 0) is 67.4 Å². The number of ether oxygens (including phenoxy) is 1. The van der Waals surface area contributed by atoms with Gasteiger partial charge in [0, 0.05) is 49.8 Å². The van der Waals surface area contributed by atoms with E-state index in [1.54, 1.807) is 9.80 Å². The number of aromatic nitrogens is 1. The molecule has 0 radical (unpaired) electrons. The number of carbonyl (C=O) groups is 2. The predicted octanol–water partition coefficient (Wildman–Crippen LogP) is 3.46. The molecule has 0 saturated carbocycles. The summed E-state index contributed by atoms with van der Waals surface area (Å²) in [5, 5.41) is 0. The summed E-state index contributed by atoms with van der Waals surface area (Å²) in [7, 11) is 0. The van der Waals surface area contributed by atoms with Crippen LogP contribution in [0, 0.1) is 13.8 Å². The van der Waals surface area contributed by atoms with Gasteiger partial charge in [-0.15, -0.1) is 0 Å². The number of amides is 2. The number of aryl methyl sites for hydroxylation is 1. The number of hydrogen-bond donors (Lipinski definition) is 0. The van der Waals surface area contributed by atoms with Gasteiger partial charge < -0.3 is 19.1 Å². The Morgan fingerprint density at radius 1 is 0.839 bits per heavy atom. The lowest BCUT2D eigenvalue weighted by atomic mass is 10.1. The van der Waals surface area contributed by atoms with Crippen molar-refractivity contribution in [2.45, 2.75) is 13.8 Å². The van der Waals surface area contributed by atoms with Crippen molar-refractivity contribution >= 4 is 11.8 Å². The van der Waals surface area contributed by atoms with Crippen LogP contribution in [0.15, 0.2) is 67.0 Å². The van der Waals surface area contributed by atoms with Crippen molar-refractivity contribution in [3.63, 3.8) is 0 Å². The molecule has 0 N–H and O–H groups in total. The second kappa shape index (κ2) is 9.08. The van der Waals surface area contributed by atoms with Gasteiger partial charge in [-0.1, -0.05) is 12.1 Å². The Morgan fingerprint density at radius 3 is 2.16 bits per heavy atom. The number of piperazine rings is 1. The van der Waals surface area contributed by atoms with Crippen LogP contribution in [0.5, 0.6) is 5.75 Å². The highest BCUT2D eigenvalue weighted by atomic mass is 16.5. The van der Waals surface area contributed by atoms with Crippen LogP contribution in [-0.4, -0.2) is 59.0 Å². The molecule has 3 aromatic rings. The molecule has 1 fully saturated rings. The third kappa shape index (κ3) is 4.63. The number of benzene rings is 2. The van der Waals surface area contributed by atoms with Gasteiger partial charge in [0.05, 0.1) is 0 Å². The topological polar surface area (TPSA) is 54.8 Å². The predicted molar refractivity (Wildman–Crippen MR) is 120 cm³/mol. The summed E-state index contributed by atoms with van der Waals surface area (Å²) in [4.78, 5) is 29.0. The molecule has 2 aromatic carbocycles. The molecule has 2 amide bonds. The molecular formula is C25H27N3O3. The highest BCUT2D eigenvalue weighted by Crippen LogP contribution is 2.20. The molecule has 31 heavy (non-hydrogen) atoms. The van der Waals surface area contributed by atoms with E-state index in [2.05, 4.69) is 0 Å². The largest absolute Gasteiger partial charge is 0.483 e. The quantitative estimate of drug-likeness (QED) is 0.639. The summed E-state index contributed by atoms with van der Waals surface area (Å²) >= 11 is 0. The second-order valence-electron chi connectivity index (χ2n) is 7.80. The third-order valence-electron chi connectivity index (χ3n) is 5.84. The Labute approximate surface area is 182 Å². The van der Waals surface area contributed by atoms with E-state index in [1.165, 1.54) is 0 Å². The molecule has 0 atom stereocenters. The molecule has 1 saturated heterocycles. The molecule has 0 unspecified atom stereocenters. The summed E-state index contributed by atoms with van der Waals surface area (Å²) in [6.45, 7) is 6.10. The molecule has 6 heteroatoms. The molecular weight excluding hydrogens is 390 g/mol. The summed E-state index contributed by atoms with van der Waals surface area (Å²) in [6, 6.07) is 17.4. The van der Waals surface area contributed by atoms with Gasteiger partial charge in [0.1, 0.15) is 5.75 Å². The highest BCUT2D eigenvalue weighted by Gasteiger charge is 2.25. The zero-order valence-corrected chi connectivity index (χ0v) is 18.0. The van der Waals surface area contributed by atoms with Crippen molar-refractivity contribution in [1.82, 2.24) is 14.4 Å². The third-order valence-corrected chi connectivity index (χ3v) is 5.84. The van der Waals surface area contributed by atoms with Crippen LogP contribution in [0.1, 0.15) is 21.5 Å². The lowest BCUT2D eigenvalue weighted by molar-refractivity contribution is -0.134. The minimum absolute atomic E-state index is 0.00205. The fourth-order valence-corrected chi connectivity index (χ4v) is 3.74. The Morgan fingerprint density at radius 2 is 1.48 bits per heavy atom. The average Bonchev–Trinajstić information content (AvgIpc) is 3.35. The Bertz CT molecular complexity index is 1050. The number of carbonyl (C=O) groups excluding carboxylic acids is 2. The van der Waals surface area contributed by atoms with Crippen molar-refractivity contribution in [3.05, 3.63) is 83.7 Å². The first-order valence-electron chi connectivity index (χ1n) is 10.5.